The molecule has 0 saturated carbocycles. The minimum absolute atomic E-state index is 0.129. The number of hydrogen-bond donors (Lipinski definition) is 1. The Morgan fingerprint density at radius 2 is 2.17 bits per heavy atom. The molecule has 0 aliphatic carbocycles. The molecule has 7 nitrogen and oxygen atoms in total. The van der Waals surface area contributed by atoms with Crippen LogP contribution < -0.4 is 5.32 Å². The maximum Gasteiger partial charge on any atom is 0.251 e. The van der Waals surface area contributed by atoms with E-state index in [-0.39, 0.29) is 11.8 Å². The van der Waals surface area contributed by atoms with Gasteiger partial charge in [0.15, 0.2) is 8.38 Å². The van der Waals surface area contributed by atoms with Crippen LogP contribution in [0.3, 0.4) is 0 Å². The van der Waals surface area contributed by atoms with Crippen LogP contribution in [0.2, 0.25) is 0 Å². The number of nitrogens with one attached hydrogen (secondary N) is 1. The zero-order chi connectivity index (χ0) is 17.3. The molecule has 2 amide bonds. The number of carbonyl (C=O) groups excluding carboxylic acids is 2. The molecule has 2 unspecified atom stereocenters. The molecule has 0 aromatic rings. The van der Waals surface area contributed by atoms with E-state index in [0.29, 0.717) is 6.41 Å². The van der Waals surface area contributed by atoms with Crippen LogP contribution in [-0.4, -0.2) is 50.3 Å². The van der Waals surface area contributed by atoms with Crippen molar-refractivity contribution in [3.63, 3.8) is 0 Å². The third kappa shape index (κ3) is 6.03. The first-order valence-corrected chi connectivity index (χ1v) is 8.63. The van der Waals surface area contributed by atoms with Crippen LogP contribution in [0.4, 0.5) is 0 Å². The fraction of sp³-hybridized carbons (Fsp3) is 0.600. The summed E-state index contributed by atoms with van der Waals surface area (Å²) < 4.78 is 16.6. The minimum atomic E-state index is -1.03. The second-order valence-electron chi connectivity index (χ2n) is 5.10. The summed E-state index contributed by atoms with van der Waals surface area (Å²) in [6.45, 7) is 2.07. The van der Waals surface area contributed by atoms with Crippen molar-refractivity contribution in [2.24, 2.45) is 0 Å². The second-order valence-corrected chi connectivity index (χ2v) is 6.70. The lowest BCUT2D eigenvalue weighted by molar-refractivity contribution is -0.121. The lowest BCUT2D eigenvalue weighted by Crippen LogP contribution is -2.32. The molecule has 0 spiro atoms. The normalized spacial score (nSPS) is 24.7. The first kappa shape index (κ1) is 19.8. The molecule has 1 heterocycles. The van der Waals surface area contributed by atoms with Gasteiger partial charge in [0.25, 0.3) is 5.91 Å². The van der Waals surface area contributed by atoms with Crippen molar-refractivity contribution in [2.45, 2.75) is 38.0 Å². The Balaban J connectivity index is 2.66. The van der Waals surface area contributed by atoms with E-state index in [4.69, 9.17) is 13.8 Å². The Kier molecular flexibility index (Phi) is 8.41. The average Bonchev–Trinajstić information content (AvgIpc) is 2.99. The molecule has 0 bridgehead atoms. The third-order valence-corrected chi connectivity index (χ3v) is 4.87. The first-order chi connectivity index (χ1) is 11.0. The molecule has 0 aromatic carbocycles. The molecule has 1 rings (SSSR count). The van der Waals surface area contributed by atoms with E-state index in [1.165, 1.54) is 6.08 Å². The molecule has 8 heteroatoms. The smallest absolute Gasteiger partial charge is 0.251 e. The summed E-state index contributed by atoms with van der Waals surface area (Å²) in [6, 6.07) is 0. The van der Waals surface area contributed by atoms with Gasteiger partial charge in [-0.3, -0.25) is 14.9 Å². The van der Waals surface area contributed by atoms with Crippen molar-refractivity contribution in [2.75, 3.05) is 21.3 Å². The highest BCUT2D eigenvalue weighted by Crippen LogP contribution is 2.42. The van der Waals surface area contributed by atoms with Gasteiger partial charge in [-0.2, -0.15) is 0 Å². The van der Waals surface area contributed by atoms with Crippen LogP contribution in [0, 0.1) is 0 Å². The van der Waals surface area contributed by atoms with Gasteiger partial charge in [0.2, 0.25) is 6.41 Å². The summed E-state index contributed by atoms with van der Waals surface area (Å²) in [5.41, 5.74) is -0.352. The Bertz CT molecular complexity index is 453. The molecule has 0 aromatic heterocycles. The van der Waals surface area contributed by atoms with Crippen molar-refractivity contribution in [1.29, 1.82) is 0 Å². The van der Waals surface area contributed by atoms with E-state index in [0.717, 1.165) is 19.3 Å². The summed E-state index contributed by atoms with van der Waals surface area (Å²) >= 11 is 0. The molecule has 0 radical (unpaired) electrons. The standard InChI is InChI=1S/C15H25N2O5P/c1-5-15(9-11-23(20-3)21-4)8-6-14(22-15)17(2)10-7-13(19)16-12-18/h7,9-12,14H,5-6,8H2,1-4H3,(H,16,18,19)/b10-7-,11-9+. The highest BCUT2D eigenvalue weighted by Gasteiger charge is 2.38. The number of amides is 2. The number of ether oxygens (including phenoxy) is 1. The molecule has 1 N–H and O–H groups in total. The zero-order valence-electron chi connectivity index (χ0n) is 14.0. The van der Waals surface area contributed by atoms with Crippen molar-refractivity contribution in [3.8, 4) is 0 Å². The van der Waals surface area contributed by atoms with Crippen LogP contribution in [0.25, 0.3) is 0 Å². The summed E-state index contributed by atoms with van der Waals surface area (Å²) in [4.78, 5) is 23.3. The Labute approximate surface area is 138 Å². The van der Waals surface area contributed by atoms with Crippen molar-refractivity contribution >= 4 is 20.7 Å². The second kappa shape index (κ2) is 9.78. The van der Waals surface area contributed by atoms with E-state index in [1.807, 2.05) is 23.8 Å². The molecule has 130 valence electrons. The van der Waals surface area contributed by atoms with Gasteiger partial charge in [-0.05, 0) is 31.2 Å². The Morgan fingerprint density at radius 1 is 1.48 bits per heavy atom. The Hall–Kier alpha value is -1.27. The van der Waals surface area contributed by atoms with Gasteiger partial charge in [-0.1, -0.05) is 6.92 Å². The van der Waals surface area contributed by atoms with E-state index in [1.54, 1.807) is 20.4 Å². The van der Waals surface area contributed by atoms with Gasteiger partial charge in [0.1, 0.15) is 6.23 Å². The van der Waals surface area contributed by atoms with Gasteiger partial charge in [-0.15, -0.1) is 0 Å². The van der Waals surface area contributed by atoms with E-state index in [2.05, 4.69) is 12.2 Å². The zero-order valence-corrected chi connectivity index (χ0v) is 14.9. The van der Waals surface area contributed by atoms with Gasteiger partial charge in [-0.25, -0.2) is 0 Å². The third-order valence-electron chi connectivity index (χ3n) is 3.76. The fourth-order valence-corrected chi connectivity index (χ4v) is 3.11. The highest BCUT2D eigenvalue weighted by molar-refractivity contribution is 7.50. The SMILES string of the molecule is CCC1(/C=C/P(OC)OC)CCC(N(C)/C=C\C(=O)NC=O)O1. The molecular formula is C15H25N2O5P. The van der Waals surface area contributed by atoms with Crippen molar-refractivity contribution in [1.82, 2.24) is 10.2 Å². The van der Waals surface area contributed by atoms with E-state index >= 15 is 0 Å². The van der Waals surface area contributed by atoms with E-state index in [9.17, 15) is 9.59 Å². The Morgan fingerprint density at radius 3 is 2.74 bits per heavy atom. The van der Waals surface area contributed by atoms with E-state index < -0.39 is 14.3 Å². The highest BCUT2D eigenvalue weighted by atomic mass is 31.2. The minimum Gasteiger partial charge on any atom is -0.355 e. The van der Waals surface area contributed by atoms with Gasteiger partial charge in [0.05, 0.1) is 5.60 Å². The summed E-state index contributed by atoms with van der Waals surface area (Å²) in [5.74, 6) is 1.45. The van der Waals surface area contributed by atoms with Crippen LogP contribution in [0.15, 0.2) is 24.2 Å². The van der Waals surface area contributed by atoms with Crippen LogP contribution in [0.5, 0.6) is 0 Å². The molecule has 2 atom stereocenters. The number of carbonyl (C=O) groups is 2. The predicted molar refractivity (Wildman–Crippen MR) is 88.3 cm³/mol. The van der Waals surface area contributed by atoms with Crippen LogP contribution in [0.1, 0.15) is 26.2 Å². The molecule has 1 aliphatic rings. The summed E-state index contributed by atoms with van der Waals surface area (Å²) in [7, 11) is 4.02. The lowest BCUT2D eigenvalue weighted by atomic mass is 9.97. The summed E-state index contributed by atoms with van der Waals surface area (Å²) in [6.07, 6.45) is 7.70. The summed E-state index contributed by atoms with van der Waals surface area (Å²) in [5, 5.41) is 2.05. The number of nitrogens with zero attached hydrogens (tertiary/aromatic N) is 1. The van der Waals surface area contributed by atoms with Gasteiger partial charge >= 0.3 is 0 Å². The number of hydrogen-bond acceptors (Lipinski definition) is 6. The molecular weight excluding hydrogens is 319 g/mol. The van der Waals surface area contributed by atoms with Crippen molar-refractivity contribution in [3.05, 3.63) is 24.2 Å². The quantitative estimate of drug-likeness (QED) is 0.392. The van der Waals surface area contributed by atoms with Crippen molar-refractivity contribution < 1.29 is 23.4 Å². The maximum atomic E-state index is 11.3. The lowest BCUT2D eigenvalue weighted by Gasteiger charge is -2.28. The topological polar surface area (TPSA) is 77.1 Å². The maximum absolute atomic E-state index is 11.3. The number of imide groups is 1. The monoisotopic (exact) mass is 344 g/mol. The molecule has 1 saturated heterocycles. The molecule has 23 heavy (non-hydrogen) atoms. The first-order valence-electron chi connectivity index (χ1n) is 7.39. The van der Waals surface area contributed by atoms with Crippen LogP contribution in [-0.2, 0) is 23.4 Å². The largest absolute Gasteiger partial charge is 0.355 e. The predicted octanol–water partition coefficient (Wildman–Crippen LogP) is 2.11. The fourth-order valence-electron chi connectivity index (χ4n) is 2.32. The van der Waals surface area contributed by atoms with Gasteiger partial charge in [0, 0.05) is 33.5 Å². The molecule has 1 aliphatic heterocycles. The molecule has 1 fully saturated rings. The van der Waals surface area contributed by atoms with Crippen LogP contribution >= 0.6 is 8.38 Å². The number of rotatable bonds is 9. The van der Waals surface area contributed by atoms with Gasteiger partial charge < -0.3 is 18.7 Å². The average molecular weight is 344 g/mol.